The molecule has 154 valence electrons. The highest BCUT2D eigenvalue weighted by Gasteiger charge is 2.08. The number of nitrogens with one attached hydrogen (secondary N) is 1. The molecule has 31 heavy (non-hydrogen) atoms. The van der Waals surface area contributed by atoms with E-state index in [4.69, 9.17) is 4.74 Å². The van der Waals surface area contributed by atoms with Gasteiger partial charge in [-0.3, -0.25) is 4.79 Å². The van der Waals surface area contributed by atoms with Gasteiger partial charge in [0.05, 0.1) is 12.6 Å². The van der Waals surface area contributed by atoms with E-state index in [1.165, 1.54) is 0 Å². The Morgan fingerprint density at radius 2 is 1.68 bits per heavy atom. The molecule has 0 unspecified atom stereocenters. The number of aromatic hydroxyl groups is 1. The van der Waals surface area contributed by atoms with Crippen LogP contribution in [0.4, 0.5) is 0 Å². The number of rotatable bonds is 7. The van der Waals surface area contributed by atoms with Gasteiger partial charge in [0.15, 0.2) is 0 Å². The van der Waals surface area contributed by atoms with Crippen molar-refractivity contribution in [3.05, 3.63) is 108 Å². The molecule has 4 aromatic carbocycles. The van der Waals surface area contributed by atoms with E-state index < -0.39 is 0 Å². The number of fused-ring (bicyclic) bond motifs is 1. The Kier molecular flexibility index (Phi) is 6.24. The quantitative estimate of drug-likeness (QED) is 0.339. The van der Waals surface area contributed by atoms with Crippen LogP contribution in [0, 0.1) is 0 Å². The lowest BCUT2D eigenvalue weighted by Gasteiger charge is -2.12. The number of carbonyl (C=O) groups excluding carboxylic acids is 1. The normalized spacial score (nSPS) is 11.0. The van der Waals surface area contributed by atoms with Gasteiger partial charge in [-0.2, -0.15) is 5.10 Å². The molecule has 5 heteroatoms. The first kappa shape index (κ1) is 20.2. The number of phenols is 1. The van der Waals surface area contributed by atoms with Crippen LogP contribution in [0.25, 0.3) is 10.8 Å². The maximum Gasteiger partial charge on any atom is 0.244 e. The zero-order chi connectivity index (χ0) is 21.5. The molecule has 5 nitrogen and oxygen atoms in total. The fraction of sp³-hybridized carbons (Fsp3) is 0.0769. The monoisotopic (exact) mass is 410 g/mol. The summed E-state index contributed by atoms with van der Waals surface area (Å²) in [4.78, 5) is 12.2. The summed E-state index contributed by atoms with van der Waals surface area (Å²) < 4.78 is 6.07. The van der Waals surface area contributed by atoms with Crippen LogP contribution in [0.5, 0.6) is 11.5 Å². The van der Waals surface area contributed by atoms with Gasteiger partial charge in [-0.25, -0.2) is 5.43 Å². The molecule has 0 heterocycles. The van der Waals surface area contributed by atoms with E-state index in [2.05, 4.69) is 10.5 Å². The van der Waals surface area contributed by atoms with Gasteiger partial charge in [-0.05, 0) is 40.1 Å². The predicted molar refractivity (Wildman–Crippen MR) is 122 cm³/mol. The van der Waals surface area contributed by atoms with Crippen molar-refractivity contribution in [3.63, 3.8) is 0 Å². The summed E-state index contributed by atoms with van der Waals surface area (Å²) in [6.45, 7) is 0.434. The van der Waals surface area contributed by atoms with E-state index in [-0.39, 0.29) is 18.1 Å². The van der Waals surface area contributed by atoms with Crippen molar-refractivity contribution in [1.29, 1.82) is 0 Å². The van der Waals surface area contributed by atoms with Gasteiger partial charge in [0, 0.05) is 5.56 Å². The van der Waals surface area contributed by atoms with Gasteiger partial charge < -0.3 is 9.84 Å². The average molecular weight is 410 g/mol. The van der Waals surface area contributed by atoms with E-state index in [9.17, 15) is 9.90 Å². The molecule has 0 saturated heterocycles. The largest absolute Gasteiger partial charge is 0.508 e. The lowest BCUT2D eigenvalue weighted by molar-refractivity contribution is -0.120. The topological polar surface area (TPSA) is 70.9 Å². The molecule has 0 aliphatic carbocycles. The van der Waals surface area contributed by atoms with Crippen LogP contribution in [-0.4, -0.2) is 17.2 Å². The Morgan fingerprint density at radius 3 is 2.52 bits per heavy atom. The summed E-state index contributed by atoms with van der Waals surface area (Å²) in [7, 11) is 0. The van der Waals surface area contributed by atoms with Crippen LogP contribution in [-0.2, 0) is 17.8 Å². The van der Waals surface area contributed by atoms with Gasteiger partial charge >= 0.3 is 0 Å². The highest BCUT2D eigenvalue weighted by molar-refractivity contribution is 6.02. The lowest BCUT2D eigenvalue weighted by atomic mass is 10.0. The van der Waals surface area contributed by atoms with E-state index in [1.54, 1.807) is 30.5 Å². The number of nitrogens with zero attached hydrogens (tertiary/aromatic N) is 1. The summed E-state index contributed by atoms with van der Waals surface area (Å²) in [5.41, 5.74) is 5.14. The first-order valence-corrected chi connectivity index (χ1v) is 9.97. The van der Waals surface area contributed by atoms with Crippen molar-refractivity contribution >= 4 is 22.9 Å². The minimum atomic E-state index is -0.270. The van der Waals surface area contributed by atoms with E-state index in [1.807, 2.05) is 66.7 Å². The third-order valence-corrected chi connectivity index (χ3v) is 4.83. The molecule has 0 saturated carbocycles. The second kappa shape index (κ2) is 9.59. The Balaban J connectivity index is 1.52. The highest BCUT2D eigenvalue weighted by Crippen LogP contribution is 2.27. The number of ether oxygens (including phenoxy) is 1. The fourth-order valence-corrected chi connectivity index (χ4v) is 3.33. The molecule has 0 atom stereocenters. The molecule has 0 aromatic heterocycles. The molecule has 0 aliphatic heterocycles. The highest BCUT2D eigenvalue weighted by atomic mass is 16.5. The second-order valence-corrected chi connectivity index (χ2v) is 7.11. The average Bonchev–Trinajstić information content (AvgIpc) is 2.79. The van der Waals surface area contributed by atoms with Crippen LogP contribution in [0.15, 0.2) is 96.1 Å². The van der Waals surface area contributed by atoms with Gasteiger partial charge in [-0.15, -0.1) is 0 Å². The lowest BCUT2D eigenvalue weighted by Crippen LogP contribution is -2.19. The van der Waals surface area contributed by atoms with E-state index >= 15 is 0 Å². The predicted octanol–water partition coefficient (Wildman–Crippen LogP) is 4.82. The summed E-state index contributed by atoms with van der Waals surface area (Å²) in [5.74, 6) is 0.548. The number of benzene rings is 4. The molecule has 1 amide bonds. The van der Waals surface area contributed by atoms with Crippen molar-refractivity contribution in [3.8, 4) is 11.5 Å². The van der Waals surface area contributed by atoms with Gasteiger partial charge in [0.1, 0.15) is 18.1 Å². The molecular weight excluding hydrogens is 388 g/mol. The molecule has 0 aliphatic rings. The summed E-state index contributed by atoms with van der Waals surface area (Å²) >= 11 is 0. The number of carbonyl (C=O) groups is 1. The van der Waals surface area contributed by atoms with Crippen molar-refractivity contribution in [2.75, 3.05) is 0 Å². The standard InChI is InChI=1S/C26H22N2O3/c29-22-11-6-9-20(15-22)16-26(30)28-27-17-24-23-12-5-4-10-21(23)13-14-25(24)31-18-19-7-2-1-3-8-19/h1-15,17,29H,16,18H2,(H,28,30). The summed E-state index contributed by atoms with van der Waals surface area (Å²) in [6, 6.07) is 28.4. The molecule has 2 N–H and O–H groups in total. The smallest absolute Gasteiger partial charge is 0.244 e. The maximum atomic E-state index is 12.2. The van der Waals surface area contributed by atoms with Crippen molar-refractivity contribution in [1.82, 2.24) is 5.43 Å². The Hall–Kier alpha value is -4.12. The first-order chi connectivity index (χ1) is 15.2. The zero-order valence-corrected chi connectivity index (χ0v) is 16.9. The maximum absolute atomic E-state index is 12.2. The Bertz CT molecular complexity index is 1220. The van der Waals surface area contributed by atoms with Crippen LogP contribution in [0.1, 0.15) is 16.7 Å². The molecule has 0 fully saturated rings. The third kappa shape index (κ3) is 5.28. The minimum absolute atomic E-state index is 0.124. The number of hydrogen-bond donors (Lipinski definition) is 2. The van der Waals surface area contributed by atoms with Crippen molar-refractivity contribution < 1.29 is 14.6 Å². The van der Waals surface area contributed by atoms with E-state index in [0.717, 1.165) is 21.9 Å². The SMILES string of the molecule is O=C(Cc1cccc(O)c1)NN=Cc1c(OCc2ccccc2)ccc2ccccc12. The van der Waals surface area contributed by atoms with Crippen molar-refractivity contribution in [2.45, 2.75) is 13.0 Å². The number of phenolic OH excluding ortho intramolecular Hbond substituents is 1. The zero-order valence-electron chi connectivity index (χ0n) is 16.9. The number of hydrazone groups is 1. The van der Waals surface area contributed by atoms with E-state index in [0.29, 0.717) is 17.9 Å². The molecule has 0 radical (unpaired) electrons. The number of hydrogen-bond acceptors (Lipinski definition) is 4. The second-order valence-electron chi connectivity index (χ2n) is 7.11. The molecule has 4 aromatic rings. The third-order valence-electron chi connectivity index (χ3n) is 4.83. The molecular formula is C26H22N2O3. The Labute approximate surface area is 180 Å². The van der Waals surface area contributed by atoms with Crippen LogP contribution in [0.2, 0.25) is 0 Å². The molecule has 0 spiro atoms. The Morgan fingerprint density at radius 1 is 0.903 bits per heavy atom. The van der Waals surface area contributed by atoms with Gasteiger partial charge in [0.25, 0.3) is 0 Å². The first-order valence-electron chi connectivity index (χ1n) is 9.97. The van der Waals surface area contributed by atoms with Gasteiger partial charge in [0.2, 0.25) is 5.91 Å². The van der Waals surface area contributed by atoms with Crippen LogP contribution in [0.3, 0.4) is 0 Å². The summed E-state index contributed by atoms with van der Waals surface area (Å²) in [5, 5.41) is 15.7. The fourth-order valence-electron chi connectivity index (χ4n) is 3.33. The number of amides is 1. The summed E-state index contributed by atoms with van der Waals surface area (Å²) in [6.07, 6.45) is 1.74. The van der Waals surface area contributed by atoms with Crippen molar-refractivity contribution in [2.24, 2.45) is 5.10 Å². The van der Waals surface area contributed by atoms with Crippen LogP contribution >= 0.6 is 0 Å². The molecule has 0 bridgehead atoms. The van der Waals surface area contributed by atoms with Gasteiger partial charge in [-0.1, -0.05) is 72.8 Å². The minimum Gasteiger partial charge on any atom is -0.508 e. The molecule has 4 rings (SSSR count). The van der Waals surface area contributed by atoms with Crippen LogP contribution < -0.4 is 10.2 Å².